The van der Waals surface area contributed by atoms with E-state index in [0.29, 0.717) is 33.3 Å². The first-order valence-electron chi connectivity index (χ1n) is 8.86. The van der Waals surface area contributed by atoms with Gasteiger partial charge in [-0.2, -0.15) is 0 Å². The van der Waals surface area contributed by atoms with Crippen molar-refractivity contribution >= 4 is 50.1 Å². The number of hydrogen-bond donors (Lipinski definition) is 2. The zero-order valence-electron chi connectivity index (χ0n) is 15.3. The first-order valence-corrected chi connectivity index (χ1v) is 11.2. The number of fused-ring (bicyclic) bond motifs is 2. The molecule has 0 aliphatic carbocycles. The summed E-state index contributed by atoms with van der Waals surface area (Å²) in [4.78, 5) is 16.6. The molecule has 0 bridgehead atoms. The number of anilines is 2. The molecule has 0 radical (unpaired) electrons. The molecule has 8 nitrogen and oxygen atoms in total. The fourth-order valence-corrected chi connectivity index (χ4v) is 6.27. The lowest BCUT2D eigenvalue weighted by Gasteiger charge is -2.33. The van der Waals surface area contributed by atoms with Gasteiger partial charge < -0.3 is 10.3 Å². The molecule has 2 N–H and O–H groups in total. The Kier molecular flexibility index (Phi) is 4.10. The number of thiophene rings is 1. The van der Waals surface area contributed by atoms with E-state index in [1.54, 1.807) is 29.9 Å². The lowest BCUT2D eigenvalue weighted by molar-refractivity contribution is 0.592. The lowest BCUT2D eigenvalue weighted by Crippen LogP contribution is -2.39. The molecule has 29 heavy (non-hydrogen) atoms. The van der Waals surface area contributed by atoms with Crippen molar-refractivity contribution in [2.24, 2.45) is 0 Å². The average molecular weight is 425 g/mol. The van der Waals surface area contributed by atoms with Crippen molar-refractivity contribution in [3.63, 3.8) is 0 Å². The summed E-state index contributed by atoms with van der Waals surface area (Å²) in [6.07, 6.45) is 4.89. The lowest BCUT2D eigenvalue weighted by atomic mass is 10.2. The Balaban J connectivity index is 1.62. The quantitative estimate of drug-likeness (QED) is 0.520. The predicted molar refractivity (Wildman–Crippen MR) is 113 cm³/mol. The van der Waals surface area contributed by atoms with E-state index in [4.69, 9.17) is 0 Å². The molecule has 0 fully saturated rings. The van der Waals surface area contributed by atoms with Gasteiger partial charge in [0.25, 0.3) is 10.0 Å². The standard InChI is InChI=1S/C19H16N6O2S2/c1-12(24-19-17-18(21-10-20-17)22-11-23-19)14-9-15-16(7-8-28-15)29(26,27)25(14)13-5-3-2-4-6-13/h2-12H,1H3,(H2,20,21,22,23,24)/t12-/m0/s1. The Morgan fingerprint density at radius 1 is 1.14 bits per heavy atom. The molecule has 4 heterocycles. The molecule has 1 atom stereocenters. The fraction of sp³-hybridized carbons (Fsp3) is 0.105. The van der Waals surface area contributed by atoms with Crippen LogP contribution < -0.4 is 9.62 Å². The van der Waals surface area contributed by atoms with E-state index in [2.05, 4.69) is 25.3 Å². The zero-order valence-corrected chi connectivity index (χ0v) is 16.9. The van der Waals surface area contributed by atoms with Gasteiger partial charge >= 0.3 is 0 Å². The molecule has 1 aliphatic rings. The third kappa shape index (κ3) is 2.88. The van der Waals surface area contributed by atoms with Crippen LogP contribution in [-0.2, 0) is 10.0 Å². The van der Waals surface area contributed by atoms with Crippen LogP contribution in [-0.4, -0.2) is 34.4 Å². The van der Waals surface area contributed by atoms with E-state index < -0.39 is 10.0 Å². The molecule has 0 amide bonds. The number of para-hydroxylation sites is 1. The van der Waals surface area contributed by atoms with E-state index in [9.17, 15) is 8.42 Å². The number of rotatable bonds is 4. The SMILES string of the molecule is C[C@H](Nc1ncnc2nc[nH]c12)C1=Cc2sccc2S(=O)(=O)N1c1ccccc1. The average Bonchev–Trinajstić information content (AvgIpc) is 3.38. The summed E-state index contributed by atoms with van der Waals surface area (Å²) in [7, 11) is -3.73. The first kappa shape index (κ1) is 17.8. The summed E-state index contributed by atoms with van der Waals surface area (Å²) in [5.41, 5.74) is 2.40. The van der Waals surface area contributed by atoms with Gasteiger partial charge in [-0.3, -0.25) is 0 Å². The second-order valence-electron chi connectivity index (χ2n) is 6.51. The van der Waals surface area contributed by atoms with Crippen LogP contribution in [0.25, 0.3) is 17.2 Å². The molecule has 146 valence electrons. The van der Waals surface area contributed by atoms with Gasteiger partial charge in [0.1, 0.15) is 16.7 Å². The second kappa shape index (κ2) is 6.68. The number of hydrogen-bond acceptors (Lipinski definition) is 7. The minimum absolute atomic E-state index is 0.320. The third-order valence-corrected chi connectivity index (χ3v) is 7.51. The van der Waals surface area contributed by atoms with Crippen molar-refractivity contribution in [3.05, 3.63) is 65.0 Å². The summed E-state index contributed by atoms with van der Waals surface area (Å²) in [6, 6.07) is 10.4. The van der Waals surface area contributed by atoms with Crippen LogP contribution in [0, 0.1) is 0 Å². The number of nitrogens with one attached hydrogen (secondary N) is 2. The third-order valence-electron chi connectivity index (χ3n) is 4.70. The Morgan fingerprint density at radius 3 is 2.79 bits per heavy atom. The van der Waals surface area contributed by atoms with Crippen molar-refractivity contribution in [2.45, 2.75) is 17.9 Å². The van der Waals surface area contributed by atoms with E-state index in [-0.39, 0.29) is 6.04 Å². The zero-order chi connectivity index (χ0) is 20.0. The highest BCUT2D eigenvalue weighted by molar-refractivity contribution is 7.93. The highest BCUT2D eigenvalue weighted by Gasteiger charge is 2.36. The van der Waals surface area contributed by atoms with Gasteiger partial charge in [-0.25, -0.2) is 27.7 Å². The predicted octanol–water partition coefficient (Wildman–Crippen LogP) is 3.46. The highest BCUT2D eigenvalue weighted by Crippen LogP contribution is 2.39. The van der Waals surface area contributed by atoms with Crippen LogP contribution in [0.5, 0.6) is 0 Å². The van der Waals surface area contributed by atoms with Crippen LogP contribution in [0.2, 0.25) is 0 Å². The number of imidazole rings is 1. The van der Waals surface area contributed by atoms with E-state index >= 15 is 0 Å². The van der Waals surface area contributed by atoms with Crippen molar-refractivity contribution in [1.82, 2.24) is 19.9 Å². The number of aromatic nitrogens is 4. The number of nitrogens with zero attached hydrogens (tertiary/aromatic N) is 4. The van der Waals surface area contributed by atoms with E-state index in [1.165, 1.54) is 22.0 Å². The maximum Gasteiger partial charge on any atom is 0.269 e. The summed E-state index contributed by atoms with van der Waals surface area (Å²) in [5, 5.41) is 5.10. The topological polar surface area (TPSA) is 104 Å². The fourth-order valence-electron chi connectivity index (χ4n) is 3.36. The molecule has 0 saturated carbocycles. The summed E-state index contributed by atoms with van der Waals surface area (Å²) in [6.45, 7) is 1.90. The maximum atomic E-state index is 13.4. The van der Waals surface area contributed by atoms with Gasteiger partial charge in [-0.05, 0) is 36.6 Å². The molecule has 0 saturated heterocycles. The molecule has 1 aliphatic heterocycles. The van der Waals surface area contributed by atoms with Crippen LogP contribution in [0.4, 0.5) is 11.5 Å². The number of aromatic amines is 1. The molecule has 5 rings (SSSR count). The molecular formula is C19H16N6O2S2. The van der Waals surface area contributed by atoms with E-state index in [0.717, 1.165) is 4.88 Å². The Bertz CT molecular complexity index is 1330. The molecule has 0 unspecified atom stereocenters. The van der Waals surface area contributed by atoms with Gasteiger partial charge in [-0.1, -0.05) is 18.2 Å². The molecule has 0 spiro atoms. The van der Waals surface area contributed by atoms with Crippen molar-refractivity contribution < 1.29 is 8.42 Å². The smallest absolute Gasteiger partial charge is 0.269 e. The maximum absolute atomic E-state index is 13.4. The first-order chi connectivity index (χ1) is 14.1. The van der Waals surface area contributed by atoms with Gasteiger partial charge in [0, 0.05) is 4.88 Å². The molecular weight excluding hydrogens is 408 g/mol. The monoisotopic (exact) mass is 424 g/mol. The van der Waals surface area contributed by atoms with Gasteiger partial charge in [-0.15, -0.1) is 11.3 Å². The Labute approximate surface area is 171 Å². The van der Waals surface area contributed by atoms with Gasteiger partial charge in [0.05, 0.1) is 23.8 Å². The van der Waals surface area contributed by atoms with Crippen molar-refractivity contribution in [3.8, 4) is 0 Å². The normalized spacial score (nSPS) is 16.3. The van der Waals surface area contributed by atoms with Gasteiger partial charge in [0.2, 0.25) is 0 Å². The Hall–Kier alpha value is -3.24. The number of H-pyrrole nitrogens is 1. The van der Waals surface area contributed by atoms with Crippen molar-refractivity contribution in [2.75, 3.05) is 9.62 Å². The molecule has 3 aromatic heterocycles. The van der Waals surface area contributed by atoms with Crippen LogP contribution in [0.1, 0.15) is 11.8 Å². The van der Waals surface area contributed by atoms with Crippen LogP contribution in [0.3, 0.4) is 0 Å². The highest BCUT2D eigenvalue weighted by atomic mass is 32.2. The summed E-state index contributed by atoms with van der Waals surface area (Å²) >= 11 is 1.40. The number of sulfonamides is 1. The minimum Gasteiger partial charge on any atom is -0.360 e. The Morgan fingerprint density at radius 2 is 1.97 bits per heavy atom. The van der Waals surface area contributed by atoms with E-state index in [1.807, 2.05) is 31.2 Å². The van der Waals surface area contributed by atoms with Crippen LogP contribution >= 0.6 is 11.3 Å². The number of benzene rings is 1. The molecule has 10 heteroatoms. The minimum atomic E-state index is -3.73. The summed E-state index contributed by atoms with van der Waals surface area (Å²) in [5.74, 6) is 0.559. The second-order valence-corrected chi connectivity index (χ2v) is 9.22. The van der Waals surface area contributed by atoms with Gasteiger partial charge in [0.15, 0.2) is 11.5 Å². The molecule has 4 aromatic rings. The van der Waals surface area contributed by atoms with Crippen molar-refractivity contribution in [1.29, 1.82) is 0 Å². The summed E-state index contributed by atoms with van der Waals surface area (Å²) < 4.78 is 28.2. The largest absolute Gasteiger partial charge is 0.360 e. The van der Waals surface area contributed by atoms with Crippen LogP contribution in [0.15, 0.2) is 65.0 Å². The molecule has 1 aromatic carbocycles.